The molecule has 0 aliphatic heterocycles. The van der Waals surface area contributed by atoms with Crippen molar-refractivity contribution in [1.29, 1.82) is 0 Å². The molecule has 7 heteroatoms. The quantitative estimate of drug-likeness (QED) is 0.278. The first kappa shape index (κ1) is 21.5. The highest BCUT2D eigenvalue weighted by molar-refractivity contribution is 7.07. The fraction of sp³-hybridized carbons (Fsp3) is 0.0833. The van der Waals surface area contributed by atoms with Crippen molar-refractivity contribution in [2.24, 2.45) is 10.1 Å². The minimum absolute atomic E-state index is 0.290. The Balaban J connectivity index is 1.88. The number of aromatic nitrogens is 1. The molecular formula is C24H18Cl2FN3S. The van der Waals surface area contributed by atoms with E-state index in [2.05, 4.69) is 18.2 Å². The summed E-state index contributed by atoms with van der Waals surface area (Å²) in [5.41, 5.74) is 5.51. The number of halogens is 3. The highest BCUT2D eigenvalue weighted by Crippen LogP contribution is 2.28. The van der Waals surface area contributed by atoms with Gasteiger partial charge < -0.3 is 0 Å². The van der Waals surface area contributed by atoms with E-state index in [4.69, 9.17) is 33.3 Å². The first-order valence-electron chi connectivity index (χ1n) is 9.48. The highest BCUT2D eigenvalue weighted by Gasteiger charge is 2.09. The Hall–Kier alpha value is -2.73. The highest BCUT2D eigenvalue weighted by atomic mass is 35.5. The van der Waals surface area contributed by atoms with Gasteiger partial charge in [0.1, 0.15) is 5.82 Å². The van der Waals surface area contributed by atoms with Crippen LogP contribution in [0.1, 0.15) is 16.7 Å². The van der Waals surface area contributed by atoms with Crippen LogP contribution in [0.2, 0.25) is 10.0 Å². The fourth-order valence-corrected chi connectivity index (χ4v) is 4.30. The number of benzene rings is 3. The molecule has 0 saturated carbocycles. The molecule has 0 unspecified atom stereocenters. The molecule has 0 spiro atoms. The molecule has 0 fully saturated rings. The van der Waals surface area contributed by atoms with Gasteiger partial charge in [-0.2, -0.15) is 5.10 Å². The third kappa shape index (κ3) is 4.96. The molecule has 3 nitrogen and oxygen atoms in total. The van der Waals surface area contributed by atoms with Crippen LogP contribution in [-0.4, -0.2) is 10.9 Å². The zero-order valence-electron chi connectivity index (χ0n) is 16.8. The van der Waals surface area contributed by atoms with Crippen molar-refractivity contribution < 1.29 is 4.39 Å². The molecule has 156 valence electrons. The molecule has 1 aromatic heterocycles. The Morgan fingerprint density at radius 2 is 1.74 bits per heavy atom. The summed E-state index contributed by atoms with van der Waals surface area (Å²) in [6, 6.07) is 17.7. The molecule has 0 atom stereocenters. The van der Waals surface area contributed by atoms with Crippen LogP contribution in [0.15, 0.2) is 76.1 Å². The van der Waals surface area contributed by atoms with Gasteiger partial charge in [0.15, 0.2) is 0 Å². The fourth-order valence-electron chi connectivity index (χ4n) is 3.00. The van der Waals surface area contributed by atoms with Crippen molar-refractivity contribution >= 4 is 46.4 Å². The Bertz CT molecular complexity index is 1340. The maximum atomic E-state index is 13.4. The average Bonchev–Trinajstić information content (AvgIpc) is 3.13. The SMILES string of the molecule is Cc1ccc(C)c(/C=N/n2c(-c3ccc(F)cc3)csc2=Nc2ccc(Cl)cc2Cl)c1. The lowest BCUT2D eigenvalue weighted by Gasteiger charge is -2.05. The van der Waals surface area contributed by atoms with Crippen LogP contribution >= 0.6 is 34.5 Å². The standard InChI is InChI=1S/C24H18Cl2FN3S/c1-15-3-4-16(2)18(11-15)13-28-30-23(17-5-8-20(27)9-6-17)14-31-24(30)29-22-10-7-19(25)12-21(22)26/h3-14H,1-2H3/b28-13+,29-24?. The number of aryl methyl sites for hydroxylation is 2. The molecule has 0 radical (unpaired) electrons. The Morgan fingerprint density at radius 3 is 2.48 bits per heavy atom. The molecule has 4 rings (SSSR count). The van der Waals surface area contributed by atoms with E-state index in [-0.39, 0.29) is 5.82 Å². The van der Waals surface area contributed by atoms with Crippen LogP contribution in [-0.2, 0) is 0 Å². The van der Waals surface area contributed by atoms with Crippen molar-refractivity contribution in [1.82, 2.24) is 4.68 Å². The summed E-state index contributed by atoms with van der Waals surface area (Å²) in [5.74, 6) is -0.290. The summed E-state index contributed by atoms with van der Waals surface area (Å²) in [7, 11) is 0. The first-order valence-corrected chi connectivity index (χ1v) is 11.1. The third-order valence-corrected chi connectivity index (χ3v) is 6.05. The molecule has 0 bridgehead atoms. The Morgan fingerprint density at radius 1 is 0.968 bits per heavy atom. The smallest absolute Gasteiger partial charge is 0.211 e. The molecule has 3 aromatic carbocycles. The molecule has 31 heavy (non-hydrogen) atoms. The normalized spacial score (nSPS) is 12.1. The molecule has 0 aliphatic carbocycles. The van der Waals surface area contributed by atoms with Gasteiger partial charge in [0.2, 0.25) is 4.80 Å². The molecule has 0 amide bonds. The second kappa shape index (κ2) is 9.18. The molecular weight excluding hydrogens is 452 g/mol. The minimum atomic E-state index is -0.290. The lowest BCUT2D eigenvalue weighted by Crippen LogP contribution is -2.11. The number of hydrogen-bond donors (Lipinski definition) is 0. The lowest BCUT2D eigenvalue weighted by molar-refractivity contribution is 0.628. The van der Waals surface area contributed by atoms with Crippen LogP contribution in [0.5, 0.6) is 0 Å². The maximum Gasteiger partial charge on any atom is 0.211 e. The topological polar surface area (TPSA) is 29.6 Å². The van der Waals surface area contributed by atoms with Crippen molar-refractivity contribution in [3.63, 3.8) is 0 Å². The first-order chi connectivity index (χ1) is 14.9. The van der Waals surface area contributed by atoms with Gasteiger partial charge >= 0.3 is 0 Å². The van der Waals surface area contributed by atoms with Crippen LogP contribution < -0.4 is 4.80 Å². The summed E-state index contributed by atoms with van der Waals surface area (Å²) in [4.78, 5) is 5.33. The number of thiazole rings is 1. The van der Waals surface area contributed by atoms with Gasteiger partial charge in [-0.3, -0.25) is 0 Å². The molecule has 4 aromatic rings. The van der Waals surface area contributed by atoms with Crippen molar-refractivity contribution in [2.45, 2.75) is 13.8 Å². The van der Waals surface area contributed by atoms with Crippen LogP contribution in [0.25, 0.3) is 11.3 Å². The average molecular weight is 470 g/mol. The summed E-state index contributed by atoms with van der Waals surface area (Å²) in [6.07, 6.45) is 1.81. The zero-order chi connectivity index (χ0) is 22.0. The van der Waals surface area contributed by atoms with E-state index in [1.165, 1.54) is 23.5 Å². The van der Waals surface area contributed by atoms with E-state index in [9.17, 15) is 4.39 Å². The zero-order valence-corrected chi connectivity index (χ0v) is 19.1. The molecule has 0 N–H and O–H groups in total. The third-order valence-electron chi connectivity index (χ3n) is 4.70. The van der Waals surface area contributed by atoms with E-state index < -0.39 is 0 Å². The van der Waals surface area contributed by atoms with Gasteiger partial charge in [-0.25, -0.2) is 14.1 Å². The summed E-state index contributed by atoms with van der Waals surface area (Å²) in [6.45, 7) is 4.08. The Labute approximate surface area is 193 Å². The molecule has 0 saturated heterocycles. The second-order valence-corrected chi connectivity index (χ2v) is 8.71. The van der Waals surface area contributed by atoms with E-state index in [0.717, 1.165) is 27.9 Å². The predicted molar refractivity (Wildman–Crippen MR) is 128 cm³/mol. The van der Waals surface area contributed by atoms with Gasteiger partial charge in [0, 0.05) is 16.0 Å². The monoisotopic (exact) mass is 469 g/mol. The second-order valence-electron chi connectivity index (χ2n) is 7.03. The molecule has 1 heterocycles. The summed E-state index contributed by atoms with van der Waals surface area (Å²) >= 11 is 13.8. The van der Waals surface area contributed by atoms with Crippen LogP contribution in [0.4, 0.5) is 10.1 Å². The van der Waals surface area contributed by atoms with Crippen LogP contribution in [0.3, 0.4) is 0 Å². The number of rotatable bonds is 4. The van der Waals surface area contributed by atoms with E-state index in [0.29, 0.717) is 20.5 Å². The van der Waals surface area contributed by atoms with Crippen LogP contribution in [0, 0.1) is 19.7 Å². The van der Waals surface area contributed by atoms with E-state index in [1.54, 1.807) is 35.0 Å². The lowest BCUT2D eigenvalue weighted by atomic mass is 10.1. The van der Waals surface area contributed by atoms with Gasteiger partial charge in [-0.1, -0.05) is 47.0 Å². The van der Waals surface area contributed by atoms with Gasteiger partial charge in [0.05, 0.1) is 22.6 Å². The Kier molecular flexibility index (Phi) is 6.37. The van der Waals surface area contributed by atoms with Crippen molar-refractivity contribution in [3.05, 3.63) is 103 Å². The van der Waals surface area contributed by atoms with Crippen molar-refractivity contribution in [2.75, 3.05) is 0 Å². The number of nitrogens with zero attached hydrogens (tertiary/aromatic N) is 3. The molecule has 0 aliphatic rings. The van der Waals surface area contributed by atoms with Gasteiger partial charge in [0.25, 0.3) is 0 Å². The van der Waals surface area contributed by atoms with E-state index in [1.807, 2.05) is 25.4 Å². The summed E-state index contributed by atoms with van der Waals surface area (Å²) < 4.78 is 15.2. The largest absolute Gasteiger partial charge is 0.218 e. The van der Waals surface area contributed by atoms with Gasteiger partial charge in [-0.15, -0.1) is 11.3 Å². The maximum absolute atomic E-state index is 13.4. The van der Waals surface area contributed by atoms with E-state index >= 15 is 0 Å². The van der Waals surface area contributed by atoms with Crippen molar-refractivity contribution in [3.8, 4) is 11.3 Å². The number of hydrogen-bond acceptors (Lipinski definition) is 3. The predicted octanol–water partition coefficient (Wildman–Crippen LogP) is 7.39. The van der Waals surface area contributed by atoms with Gasteiger partial charge in [-0.05, 0) is 67.4 Å². The summed E-state index contributed by atoms with van der Waals surface area (Å²) in [5, 5.41) is 7.66. The minimum Gasteiger partial charge on any atom is -0.218 e.